The minimum atomic E-state index is -0.128. The van der Waals surface area contributed by atoms with Gasteiger partial charge in [0, 0.05) is 10.5 Å². The van der Waals surface area contributed by atoms with Gasteiger partial charge in [-0.25, -0.2) is 0 Å². The molecule has 0 radical (unpaired) electrons. The van der Waals surface area contributed by atoms with E-state index < -0.39 is 0 Å². The molecule has 0 aromatic rings. The first kappa shape index (κ1) is 12.2. The summed E-state index contributed by atoms with van der Waals surface area (Å²) in [6, 6.07) is 0. The van der Waals surface area contributed by atoms with Gasteiger partial charge in [-0.1, -0.05) is 42.4 Å². The molecule has 0 rings (SSSR count). The van der Waals surface area contributed by atoms with Crippen molar-refractivity contribution in [2.45, 2.75) is 31.9 Å². The first-order valence-corrected chi connectivity index (χ1v) is 6.15. The van der Waals surface area contributed by atoms with Gasteiger partial charge in [0.05, 0.1) is 13.5 Å². The summed E-state index contributed by atoms with van der Waals surface area (Å²) in [6.45, 7) is 6.47. The summed E-state index contributed by atoms with van der Waals surface area (Å²) in [6.07, 6.45) is 0.504. The zero-order valence-electron chi connectivity index (χ0n) is 8.05. The number of methoxy groups -OCH3 is 1. The number of esters is 1. The van der Waals surface area contributed by atoms with E-state index in [0.717, 1.165) is 5.75 Å². The molecule has 0 N–H and O–H groups in total. The summed E-state index contributed by atoms with van der Waals surface area (Å²) < 4.78 is 4.79. The van der Waals surface area contributed by atoms with E-state index in [1.807, 2.05) is 0 Å². The smallest absolute Gasteiger partial charge is 0.306 e. The van der Waals surface area contributed by atoms with E-state index in [1.54, 1.807) is 21.6 Å². The number of carbonyl (C=O) groups is 1. The molecule has 2 nitrogen and oxygen atoms in total. The van der Waals surface area contributed by atoms with Gasteiger partial charge in [-0.3, -0.25) is 4.79 Å². The standard InChI is InChI=1S/C8H16O2S2/c1-8(2,3)12-11-6-5-7(9)10-4/h5-6H2,1-4H3. The lowest BCUT2D eigenvalue weighted by molar-refractivity contribution is -0.140. The molecule has 4 heteroatoms. The van der Waals surface area contributed by atoms with Crippen molar-refractivity contribution in [1.29, 1.82) is 0 Å². The van der Waals surface area contributed by atoms with Crippen LogP contribution in [-0.4, -0.2) is 23.6 Å². The summed E-state index contributed by atoms with van der Waals surface area (Å²) in [5.74, 6) is 0.700. The summed E-state index contributed by atoms with van der Waals surface area (Å²) in [7, 11) is 4.94. The molecule has 0 atom stereocenters. The lowest BCUT2D eigenvalue weighted by atomic mass is 10.3. The van der Waals surface area contributed by atoms with Gasteiger partial charge in [0.15, 0.2) is 0 Å². The Labute approximate surface area is 82.2 Å². The molecular formula is C8H16O2S2. The summed E-state index contributed by atoms with van der Waals surface area (Å²) in [5.41, 5.74) is 0. The minimum Gasteiger partial charge on any atom is -0.469 e. The van der Waals surface area contributed by atoms with Crippen LogP contribution in [0.3, 0.4) is 0 Å². The van der Waals surface area contributed by atoms with Crippen LogP contribution in [-0.2, 0) is 9.53 Å². The molecule has 0 unspecified atom stereocenters. The average molecular weight is 208 g/mol. The summed E-state index contributed by atoms with van der Waals surface area (Å²) in [5, 5.41) is 0. The first-order valence-electron chi connectivity index (χ1n) is 3.83. The van der Waals surface area contributed by atoms with Crippen molar-refractivity contribution in [3.63, 3.8) is 0 Å². The third kappa shape index (κ3) is 8.27. The van der Waals surface area contributed by atoms with Crippen LogP contribution in [0, 0.1) is 0 Å². The van der Waals surface area contributed by atoms with Crippen LogP contribution in [0.1, 0.15) is 27.2 Å². The Hall–Kier alpha value is 0.170. The first-order chi connectivity index (χ1) is 5.45. The topological polar surface area (TPSA) is 26.3 Å². The normalized spacial score (nSPS) is 11.3. The monoisotopic (exact) mass is 208 g/mol. The Morgan fingerprint density at radius 1 is 1.42 bits per heavy atom. The van der Waals surface area contributed by atoms with E-state index in [2.05, 4.69) is 25.5 Å². The molecule has 12 heavy (non-hydrogen) atoms. The Balaban J connectivity index is 3.28. The second-order valence-corrected chi connectivity index (χ2v) is 6.59. The third-order valence-corrected chi connectivity index (χ3v) is 4.27. The maximum absolute atomic E-state index is 10.7. The zero-order valence-corrected chi connectivity index (χ0v) is 9.68. The highest BCUT2D eigenvalue weighted by Gasteiger charge is 2.11. The van der Waals surface area contributed by atoms with Gasteiger partial charge in [0.1, 0.15) is 0 Å². The minimum absolute atomic E-state index is 0.128. The predicted molar refractivity (Wildman–Crippen MR) is 56.4 cm³/mol. The molecule has 0 aliphatic heterocycles. The van der Waals surface area contributed by atoms with Gasteiger partial charge >= 0.3 is 5.97 Å². The van der Waals surface area contributed by atoms with Crippen LogP contribution in [0.15, 0.2) is 0 Å². The van der Waals surface area contributed by atoms with Crippen LogP contribution >= 0.6 is 21.6 Å². The Morgan fingerprint density at radius 2 is 2.00 bits per heavy atom. The van der Waals surface area contributed by atoms with Gasteiger partial charge in [0.2, 0.25) is 0 Å². The molecule has 0 aliphatic rings. The molecule has 0 saturated heterocycles. The maximum atomic E-state index is 10.7. The van der Waals surface area contributed by atoms with E-state index in [1.165, 1.54) is 7.11 Å². The van der Waals surface area contributed by atoms with Crippen molar-refractivity contribution >= 4 is 27.6 Å². The van der Waals surface area contributed by atoms with E-state index in [9.17, 15) is 4.79 Å². The highest BCUT2D eigenvalue weighted by Crippen LogP contribution is 2.35. The third-order valence-electron chi connectivity index (χ3n) is 0.926. The molecule has 72 valence electrons. The lowest BCUT2D eigenvalue weighted by Gasteiger charge is -2.15. The molecular weight excluding hydrogens is 192 g/mol. The summed E-state index contributed by atoms with van der Waals surface area (Å²) >= 11 is 0. The molecule has 0 aromatic heterocycles. The Kier molecular flexibility index (Phi) is 5.84. The van der Waals surface area contributed by atoms with E-state index in [4.69, 9.17) is 0 Å². The van der Waals surface area contributed by atoms with Gasteiger partial charge in [-0.15, -0.1) is 0 Å². The van der Waals surface area contributed by atoms with Gasteiger partial charge in [-0.05, 0) is 0 Å². The fraction of sp³-hybridized carbons (Fsp3) is 0.875. The molecule has 0 aromatic carbocycles. The lowest BCUT2D eigenvalue weighted by Crippen LogP contribution is -2.06. The Bertz CT molecular complexity index is 140. The van der Waals surface area contributed by atoms with Gasteiger partial charge < -0.3 is 4.74 Å². The van der Waals surface area contributed by atoms with Crippen molar-refractivity contribution in [2.24, 2.45) is 0 Å². The number of rotatable bonds is 4. The molecule has 0 heterocycles. The highest BCUT2D eigenvalue weighted by molar-refractivity contribution is 8.77. The second-order valence-electron chi connectivity index (χ2n) is 3.34. The van der Waals surface area contributed by atoms with Gasteiger partial charge in [0.25, 0.3) is 0 Å². The number of ether oxygens (including phenoxy) is 1. The zero-order chi connectivity index (χ0) is 9.61. The SMILES string of the molecule is COC(=O)CCSSC(C)(C)C. The fourth-order valence-electron chi connectivity index (χ4n) is 0.446. The van der Waals surface area contributed by atoms with Crippen molar-refractivity contribution < 1.29 is 9.53 Å². The molecule has 0 saturated carbocycles. The highest BCUT2D eigenvalue weighted by atomic mass is 33.1. The molecule has 0 fully saturated rings. The maximum Gasteiger partial charge on any atom is 0.306 e. The van der Waals surface area contributed by atoms with E-state index >= 15 is 0 Å². The van der Waals surface area contributed by atoms with Crippen LogP contribution < -0.4 is 0 Å². The van der Waals surface area contributed by atoms with Crippen molar-refractivity contribution in [2.75, 3.05) is 12.9 Å². The van der Waals surface area contributed by atoms with Crippen LogP contribution in [0.25, 0.3) is 0 Å². The second kappa shape index (κ2) is 5.75. The molecule has 0 spiro atoms. The van der Waals surface area contributed by atoms with Crippen LogP contribution in [0.2, 0.25) is 0 Å². The number of hydrogen-bond acceptors (Lipinski definition) is 4. The molecule has 0 bridgehead atoms. The van der Waals surface area contributed by atoms with Crippen LogP contribution in [0.5, 0.6) is 0 Å². The van der Waals surface area contributed by atoms with Crippen molar-refractivity contribution in [3.05, 3.63) is 0 Å². The Morgan fingerprint density at radius 3 is 2.42 bits per heavy atom. The van der Waals surface area contributed by atoms with Crippen LogP contribution in [0.4, 0.5) is 0 Å². The fourth-order valence-corrected chi connectivity index (χ4v) is 2.69. The van der Waals surface area contributed by atoms with Crippen molar-refractivity contribution in [1.82, 2.24) is 0 Å². The number of carbonyl (C=O) groups excluding carboxylic acids is 1. The number of hydrogen-bond donors (Lipinski definition) is 0. The van der Waals surface area contributed by atoms with Crippen molar-refractivity contribution in [3.8, 4) is 0 Å². The van der Waals surface area contributed by atoms with E-state index in [-0.39, 0.29) is 10.7 Å². The predicted octanol–water partition coefficient (Wildman–Crippen LogP) is 2.73. The quantitative estimate of drug-likeness (QED) is 0.403. The molecule has 0 amide bonds. The average Bonchev–Trinajstić information content (AvgIpc) is 1.96. The largest absolute Gasteiger partial charge is 0.469 e. The van der Waals surface area contributed by atoms with E-state index in [0.29, 0.717) is 6.42 Å². The summed E-state index contributed by atoms with van der Waals surface area (Å²) in [4.78, 5) is 10.7. The van der Waals surface area contributed by atoms with Gasteiger partial charge in [-0.2, -0.15) is 0 Å². The molecule has 0 aliphatic carbocycles.